The van der Waals surface area contributed by atoms with Gasteiger partial charge in [-0.2, -0.15) is 6.42 Å². The third-order valence-electron chi connectivity index (χ3n) is 15.4. The number of unbranched alkanes of at least 4 members (excludes halogenated alkanes) is 21. The molecule has 0 radical (unpaired) electrons. The Morgan fingerprint density at radius 1 is 0.330 bits per heavy atom. The predicted octanol–water partition coefficient (Wildman–Crippen LogP) is 22.3. The van der Waals surface area contributed by atoms with Crippen molar-refractivity contribution in [2.75, 3.05) is 26.8 Å². The van der Waals surface area contributed by atoms with Gasteiger partial charge in [0.2, 0.25) is 0 Å². The van der Waals surface area contributed by atoms with E-state index in [1.54, 1.807) is 0 Å². The predicted molar refractivity (Wildman–Crippen MR) is 416 cm³/mol. The summed E-state index contributed by atoms with van der Waals surface area (Å²) in [5.74, 6) is -0.538. The second-order valence-corrected chi connectivity index (χ2v) is 24.6. The quantitative estimate of drug-likeness (QED) is 0.0159. The molecule has 0 heterocycles. The molecular weight excluding hydrogens is 1190 g/mol. The van der Waals surface area contributed by atoms with Gasteiger partial charge in [0, 0.05) is 25.7 Å². The molecule has 0 aliphatic rings. The van der Waals surface area contributed by atoms with Crippen molar-refractivity contribution in [3.8, 4) is 0 Å². The van der Waals surface area contributed by atoms with Gasteiger partial charge >= 0.3 is 30.8 Å². The van der Waals surface area contributed by atoms with Crippen molar-refractivity contribution < 1.29 is 57.0 Å². The standard InChI is InChI=1S/C42H69O4.C41H67O4.C4H10N.Li/c1-4-7-9-11-12-13-14-15-16-17-18-19-20-21-24-27-30-34-38-42(44)46-40(36-32-10-8-5-2)37-33-29-26-23-22-25-28-31-35-39-45-41(43)6-3;1-4-7-9-11-12-13-14-15-16-17-18-19-20-23-26-29-33-37-41(43)45-39(35-31-10-8-5-2)36-32-28-25-22-21-24-27-30-34-38-44-40(42)6-3;1-3-4-5-2;/h9,11,13-14,16-17,19-20,24,27,29,33,40H,3-8,10,12,15,18,21-23,25-26,28,30-32,34-39H2,1-2H3;7,9,12-13,15-16,18-19,23,26,28,32,39H,3-6,8,10-11,14,17,20-22,24-25,27,29-31,33-38H2,1-2H3;5H,1,3-4H2,2H3;/q3*-1;+1/b11-9-,14-13-,17-16-,20-19-,27-24-,33-29-;9-7-,13-12-,16-15-,19-18-,26-23-,32-28-;;. The van der Waals surface area contributed by atoms with Gasteiger partial charge in [-0.1, -0.05) is 283 Å². The van der Waals surface area contributed by atoms with E-state index in [2.05, 4.69) is 200 Å². The number of rotatable bonds is 65. The van der Waals surface area contributed by atoms with Crippen molar-refractivity contribution in [3.05, 3.63) is 167 Å². The number of nitrogens with one attached hydrogen (secondary N) is 1. The van der Waals surface area contributed by atoms with E-state index in [4.69, 9.17) is 18.9 Å². The molecule has 0 amide bonds. The largest absolute Gasteiger partial charge is 1.00 e. The van der Waals surface area contributed by atoms with E-state index in [0.29, 0.717) is 26.1 Å². The van der Waals surface area contributed by atoms with Gasteiger partial charge in [0.15, 0.2) is 0 Å². The first-order chi connectivity index (χ1) is 47.2. The van der Waals surface area contributed by atoms with Crippen LogP contribution in [-0.4, -0.2) is 62.9 Å². The molecule has 0 bridgehead atoms. The van der Waals surface area contributed by atoms with Crippen LogP contribution in [0, 0.1) is 20.8 Å². The summed E-state index contributed by atoms with van der Waals surface area (Å²) in [7, 11) is 1.92. The van der Waals surface area contributed by atoms with E-state index in [1.807, 2.05) is 7.05 Å². The first-order valence-electron chi connectivity index (χ1n) is 38.7. The van der Waals surface area contributed by atoms with Crippen LogP contribution in [0.5, 0.6) is 0 Å². The molecule has 0 spiro atoms. The maximum absolute atomic E-state index is 12.5. The molecule has 0 aromatic carbocycles. The molecule has 0 saturated heterocycles. The van der Waals surface area contributed by atoms with Crippen LogP contribution >= 0.6 is 0 Å². The molecule has 0 rings (SSSR count). The Balaban J connectivity index is -0.000000824. The van der Waals surface area contributed by atoms with Crippen molar-refractivity contribution in [1.82, 2.24) is 5.32 Å². The van der Waals surface area contributed by atoms with E-state index in [9.17, 15) is 19.2 Å². The summed E-state index contributed by atoms with van der Waals surface area (Å²) < 4.78 is 21.9. The van der Waals surface area contributed by atoms with Crippen LogP contribution in [0.4, 0.5) is 0 Å². The molecule has 0 aromatic rings. The average molecular weight is 1340 g/mol. The molecule has 550 valence electrons. The molecule has 2 unspecified atom stereocenters. The normalized spacial score (nSPS) is 12.7. The fourth-order valence-corrected chi connectivity index (χ4v) is 9.69. The van der Waals surface area contributed by atoms with Crippen LogP contribution in [0.2, 0.25) is 0 Å². The van der Waals surface area contributed by atoms with Gasteiger partial charge in [-0.25, -0.2) is 0 Å². The summed E-state index contributed by atoms with van der Waals surface area (Å²) in [4.78, 5) is 47.2. The molecule has 97 heavy (non-hydrogen) atoms. The molecule has 2 atom stereocenters. The average Bonchev–Trinajstić information content (AvgIpc) is 3.02. The van der Waals surface area contributed by atoms with Gasteiger partial charge in [-0.05, 0) is 168 Å². The monoisotopic (exact) mass is 1340 g/mol. The molecule has 1 N–H and O–H groups in total. The van der Waals surface area contributed by atoms with Gasteiger partial charge < -0.3 is 45.0 Å². The first-order valence-corrected chi connectivity index (χ1v) is 38.7. The molecule has 9 nitrogen and oxygen atoms in total. The van der Waals surface area contributed by atoms with E-state index in [0.717, 1.165) is 173 Å². The zero-order valence-corrected chi connectivity index (χ0v) is 63.5. The van der Waals surface area contributed by atoms with Gasteiger partial charge in [-0.15, -0.1) is 0 Å². The zero-order chi connectivity index (χ0) is 70.6. The van der Waals surface area contributed by atoms with Crippen LogP contribution < -0.4 is 24.2 Å². The summed E-state index contributed by atoms with van der Waals surface area (Å²) in [6, 6.07) is 0. The van der Waals surface area contributed by atoms with Crippen LogP contribution in [-0.2, 0) is 38.1 Å². The van der Waals surface area contributed by atoms with Gasteiger partial charge in [0.25, 0.3) is 11.9 Å². The molecule has 0 fully saturated rings. The van der Waals surface area contributed by atoms with Crippen LogP contribution in [0.3, 0.4) is 0 Å². The number of esters is 4. The maximum Gasteiger partial charge on any atom is 1.00 e. The third kappa shape index (κ3) is 89.3. The van der Waals surface area contributed by atoms with E-state index in [1.165, 1.54) is 103 Å². The fourth-order valence-electron chi connectivity index (χ4n) is 9.69. The van der Waals surface area contributed by atoms with Gasteiger partial charge in [0.05, 0.1) is 13.2 Å². The first kappa shape index (κ1) is 98.7. The number of hydrogen-bond acceptors (Lipinski definition) is 9. The van der Waals surface area contributed by atoms with Gasteiger partial charge in [0.1, 0.15) is 12.2 Å². The minimum absolute atomic E-state index is 0. The summed E-state index contributed by atoms with van der Waals surface area (Å²) >= 11 is 0. The summed E-state index contributed by atoms with van der Waals surface area (Å²) in [6.07, 6.45) is 99.3. The third-order valence-corrected chi connectivity index (χ3v) is 15.4. The van der Waals surface area contributed by atoms with Crippen LogP contribution in [0.15, 0.2) is 146 Å². The van der Waals surface area contributed by atoms with Crippen LogP contribution in [0.25, 0.3) is 0 Å². The summed E-state index contributed by atoms with van der Waals surface area (Å²) in [5.41, 5.74) is 0. The Labute approximate surface area is 611 Å². The Hall–Kier alpha value is -4.68. The Morgan fingerprint density at radius 3 is 0.938 bits per heavy atom. The Kier molecular flexibility index (Phi) is 90.9. The number of ether oxygens (including phenoxy) is 4. The van der Waals surface area contributed by atoms with Gasteiger partial charge in [-0.3, -0.25) is 19.2 Å². The molecule has 10 heteroatoms. The van der Waals surface area contributed by atoms with Crippen molar-refractivity contribution >= 4 is 23.9 Å². The minimum atomic E-state index is -0.211. The van der Waals surface area contributed by atoms with Crippen molar-refractivity contribution in [3.63, 3.8) is 0 Å². The van der Waals surface area contributed by atoms with Crippen LogP contribution in [0.1, 0.15) is 323 Å². The molecule has 0 saturated carbocycles. The van der Waals surface area contributed by atoms with Crippen molar-refractivity contribution in [2.45, 2.75) is 335 Å². The minimum Gasteiger partial charge on any atom is -0.468 e. The van der Waals surface area contributed by atoms with Crippen molar-refractivity contribution in [2.24, 2.45) is 0 Å². The zero-order valence-electron chi connectivity index (χ0n) is 63.5. The number of carbonyl (C=O) groups is 4. The topological polar surface area (TPSA) is 117 Å². The number of hydrogen-bond donors (Lipinski definition) is 1. The van der Waals surface area contributed by atoms with E-state index >= 15 is 0 Å². The van der Waals surface area contributed by atoms with Crippen molar-refractivity contribution in [1.29, 1.82) is 0 Å². The maximum atomic E-state index is 12.5. The van der Waals surface area contributed by atoms with E-state index in [-0.39, 0.29) is 67.8 Å². The number of allylic oxidation sites excluding steroid dienone is 22. The number of carbonyl (C=O) groups excluding carboxylic acids is 4. The Morgan fingerprint density at radius 2 is 0.629 bits per heavy atom. The second kappa shape index (κ2) is 89.3. The molecule has 0 aliphatic heterocycles. The SMILES string of the molecule is [CH2-]CC(=O)OCCCCCCCC/C=C\CC(CCCCCC)OC(=O)CCC/C=C\C/C=C\C/C=C\C/C=C\C/C=C\CC.[CH2-]CC(=O)OCCCCCCCC/C=C\CC(CCCCCC)OC(=O)CCC/C=C\C/C=C\C/C=C\C/C=C\C/C=C\CCC.[CH2-]CCNC.[Li+]. The smallest absolute Gasteiger partial charge is 0.468 e. The second-order valence-electron chi connectivity index (χ2n) is 24.6. The van der Waals surface area contributed by atoms with E-state index < -0.39 is 0 Å². The fraction of sp³-hybridized carbons (Fsp3) is 0.644. The molecule has 0 aromatic heterocycles. The molecular formula is C87H146LiNO8-2. The summed E-state index contributed by atoms with van der Waals surface area (Å²) in [5, 5.41) is 2.95. The molecule has 0 aliphatic carbocycles. The Bertz CT molecular complexity index is 2050. The summed E-state index contributed by atoms with van der Waals surface area (Å²) in [6.45, 7) is 21.5.